The maximum Gasteiger partial charge on any atom is 0.257 e. The van der Waals surface area contributed by atoms with E-state index in [-0.39, 0.29) is 16.4 Å². The van der Waals surface area contributed by atoms with E-state index < -0.39 is 0 Å². The number of aromatic nitrogens is 1. The minimum atomic E-state index is -0.228. The van der Waals surface area contributed by atoms with Gasteiger partial charge in [0.1, 0.15) is 5.75 Å². The highest BCUT2D eigenvalue weighted by Gasteiger charge is 2.11. The summed E-state index contributed by atoms with van der Waals surface area (Å²) in [6.07, 6.45) is 0.964. The SMILES string of the molecule is CCc1ccc(NC(=S)n2c(=O)cc(C)c3ccc(O)cc32)cc1. The minimum absolute atomic E-state index is 0.0938. The summed E-state index contributed by atoms with van der Waals surface area (Å²) in [6.45, 7) is 3.96. The number of aryl methyl sites for hydroxylation is 2. The highest BCUT2D eigenvalue weighted by atomic mass is 32.1. The molecule has 0 aliphatic carbocycles. The molecule has 0 aliphatic rings. The van der Waals surface area contributed by atoms with Crippen LogP contribution in [0.4, 0.5) is 5.69 Å². The van der Waals surface area contributed by atoms with Gasteiger partial charge in [-0.1, -0.05) is 19.1 Å². The first kappa shape index (κ1) is 16.2. The number of rotatable bonds is 2. The van der Waals surface area contributed by atoms with Crippen LogP contribution in [0.5, 0.6) is 5.75 Å². The van der Waals surface area contributed by atoms with Crippen LogP contribution in [-0.2, 0) is 6.42 Å². The summed E-state index contributed by atoms with van der Waals surface area (Å²) in [4.78, 5) is 12.5. The van der Waals surface area contributed by atoms with Crippen molar-refractivity contribution < 1.29 is 5.11 Å². The molecule has 3 rings (SSSR count). The quantitative estimate of drug-likeness (QED) is 0.698. The van der Waals surface area contributed by atoms with Gasteiger partial charge in [-0.2, -0.15) is 0 Å². The van der Waals surface area contributed by atoms with E-state index in [9.17, 15) is 9.90 Å². The molecule has 0 radical (unpaired) electrons. The summed E-state index contributed by atoms with van der Waals surface area (Å²) in [5, 5.41) is 14.0. The van der Waals surface area contributed by atoms with Gasteiger partial charge in [0.15, 0.2) is 5.11 Å². The average Bonchev–Trinajstić information content (AvgIpc) is 2.55. The lowest BCUT2D eigenvalue weighted by atomic mass is 10.1. The second-order valence-electron chi connectivity index (χ2n) is 5.68. The van der Waals surface area contributed by atoms with Crippen LogP contribution in [0.2, 0.25) is 0 Å². The first-order chi connectivity index (χ1) is 11.5. The summed E-state index contributed by atoms with van der Waals surface area (Å²) in [5.74, 6) is 0.0938. The normalized spacial score (nSPS) is 10.8. The number of nitrogens with one attached hydrogen (secondary N) is 1. The van der Waals surface area contributed by atoms with Crippen molar-refractivity contribution in [2.45, 2.75) is 20.3 Å². The molecule has 5 heteroatoms. The van der Waals surface area contributed by atoms with Crippen molar-refractivity contribution in [3.05, 3.63) is 70.0 Å². The zero-order valence-corrected chi connectivity index (χ0v) is 14.4. The van der Waals surface area contributed by atoms with Crippen LogP contribution in [0, 0.1) is 6.92 Å². The summed E-state index contributed by atoms with van der Waals surface area (Å²) < 4.78 is 1.41. The predicted octanol–water partition coefficient (Wildman–Crippen LogP) is 3.82. The first-order valence-corrected chi connectivity index (χ1v) is 8.16. The van der Waals surface area contributed by atoms with E-state index in [0.717, 1.165) is 23.1 Å². The van der Waals surface area contributed by atoms with Gasteiger partial charge in [0, 0.05) is 23.2 Å². The molecule has 0 saturated carbocycles. The Morgan fingerprint density at radius 3 is 2.54 bits per heavy atom. The summed E-state index contributed by atoms with van der Waals surface area (Å²) >= 11 is 5.44. The maximum absolute atomic E-state index is 12.5. The van der Waals surface area contributed by atoms with Gasteiger partial charge >= 0.3 is 0 Å². The van der Waals surface area contributed by atoms with Gasteiger partial charge in [0.25, 0.3) is 5.56 Å². The lowest BCUT2D eigenvalue weighted by molar-refractivity contribution is 0.476. The summed E-state index contributed by atoms with van der Waals surface area (Å²) in [6, 6.07) is 14.4. The Morgan fingerprint density at radius 1 is 1.17 bits per heavy atom. The summed E-state index contributed by atoms with van der Waals surface area (Å²) in [7, 11) is 0. The minimum Gasteiger partial charge on any atom is -0.508 e. The molecule has 0 unspecified atom stereocenters. The molecule has 2 aromatic carbocycles. The Bertz CT molecular complexity index is 975. The van der Waals surface area contributed by atoms with Crippen molar-refractivity contribution in [2.24, 2.45) is 0 Å². The number of hydrogen-bond acceptors (Lipinski definition) is 3. The molecule has 24 heavy (non-hydrogen) atoms. The fourth-order valence-corrected chi connectivity index (χ4v) is 3.00. The lowest BCUT2D eigenvalue weighted by Crippen LogP contribution is -2.31. The highest BCUT2D eigenvalue weighted by Crippen LogP contribution is 2.22. The molecule has 0 atom stereocenters. The molecule has 0 fully saturated rings. The van der Waals surface area contributed by atoms with Gasteiger partial charge in [-0.3, -0.25) is 9.36 Å². The van der Waals surface area contributed by atoms with Crippen LogP contribution in [0.1, 0.15) is 18.1 Å². The van der Waals surface area contributed by atoms with Crippen molar-refractivity contribution in [1.82, 2.24) is 4.57 Å². The van der Waals surface area contributed by atoms with E-state index in [2.05, 4.69) is 12.2 Å². The molecule has 1 heterocycles. The third-order valence-corrected chi connectivity index (χ3v) is 4.31. The Hall–Kier alpha value is -2.66. The van der Waals surface area contributed by atoms with E-state index in [4.69, 9.17) is 12.2 Å². The number of aromatic hydroxyl groups is 1. The molecule has 2 N–H and O–H groups in total. The number of nitrogens with zero attached hydrogens (tertiary/aromatic N) is 1. The molecule has 122 valence electrons. The van der Waals surface area contributed by atoms with Gasteiger partial charge in [-0.15, -0.1) is 0 Å². The smallest absolute Gasteiger partial charge is 0.257 e. The molecule has 0 spiro atoms. The number of fused-ring (bicyclic) bond motifs is 1. The van der Waals surface area contributed by atoms with Crippen LogP contribution >= 0.6 is 12.2 Å². The molecule has 4 nitrogen and oxygen atoms in total. The summed E-state index contributed by atoms with van der Waals surface area (Å²) in [5.41, 5.74) is 3.25. The molecular formula is C19H18N2O2S. The lowest BCUT2D eigenvalue weighted by Gasteiger charge is -2.15. The zero-order valence-electron chi connectivity index (χ0n) is 13.5. The van der Waals surface area contributed by atoms with Crippen LogP contribution in [0.25, 0.3) is 10.9 Å². The van der Waals surface area contributed by atoms with Crippen LogP contribution < -0.4 is 10.9 Å². The Kier molecular flexibility index (Phi) is 4.36. The monoisotopic (exact) mass is 338 g/mol. The number of phenols is 1. The predicted molar refractivity (Wildman–Crippen MR) is 102 cm³/mol. The second-order valence-corrected chi connectivity index (χ2v) is 6.07. The Labute approximate surface area is 145 Å². The van der Waals surface area contributed by atoms with Gasteiger partial charge in [-0.25, -0.2) is 0 Å². The standard InChI is InChI=1S/C19H18N2O2S/c1-3-13-4-6-14(7-5-13)20-19(24)21-17-11-15(22)8-9-16(17)12(2)10-18(21)23/h4-11,22H,3H2,1-2H3,(H,20,24). The third-order valence-electron chi connectivity index (χ3n) is 4.02. The zero-order chi connectivity index (χ0) is 17.3. The maximum atomic E-state index is 12.5. The highest BCUT2D eigenvalue weighted by molar-refractivity contribution is 7.80. The second kappa shape index (κ2) is 6.45. The molecule has 0 bridgehead atoms. The number of hydrogen-bond donors (Lipinski definition) is 2. The number of thiocarbonyl (C=S) groups is 1. The van der Waals surface area contributed by atoms with Crippen LogP contribution in [-0.4, -0.2) is 14.8 Å². The van der Waals surface area contributed by atoms with Crippen molar-refractivity contribution in [3.63, 3.8) is 0 Å². The van der Waals surface area contributed by atoms with Crippen molar-refractivity contribution in [3.8, 4) is 5.75 Å². The first-order valence-electron chi connectivity index (χ1n) is 7.75. The van der Waals surface area contributed by atoms with Crippen LogP contribution in [0.15, 0.2) is 53.3 Å². The van der Waals surface area contributed by atoms with E-state index in [1.165, 1.54) is 10.1 Å². The molecule has 0 amide bonds. The van der Waals surface area contributed by atoms with Crippen molar-refractivity contribution >= 4 is 33.9 Å². The van der Waals surface area contributed by atoms with Gasteiger partial charge in [0.05, 0.1) is 5.52 Å². The molecule has 3 aromatic rings. The van der Waals surface area contributed by atoms with E-state index in [0.29, 0.717) is 5.52 Å². The van der Waals surface area contributed by atoms with E-state index in [1.807, 2.05) is 31.2 Å². The van der Waals surface area contributed by atoms with Gasteiger partial charge in [0.2, 0.25) is 0 Å². The largest absolute Gasteiger partial charge is 0.508 e. The number of benzene rings is 2. The number of phenolic OH excluding ortho intramolecular Hbond substituents is 1. The molecule has 0 aliphatic heterocycles. The fourth-order valence-electron chi connectivity index (χ4n) is 2.70. The van der Waals surface area contributed by atoms with Gasteiger partial charge < -0.3 is 10.4 Å². The average molecular weight is 338 g/mol. The van der Waals surface area contributed by atoms with Gasteiger partial charge in [-0.05, 0) is 61.0 Å². The third kappa shape index (κ3) is 3.03. The molecule has 1 aromatic heterocycles. The topological polar surface area (TPSA) is 54.3 Å². The molecular weight excluding hydrogens is 320 g/mol. The Morgan fingerprint density at radius 2 is 1.88 bits per heavy atom. The van der Waals surface area contributed by atoms with E-state index in [1.54, 1.807) is 24.3 Å². The fraction of sp³-hybridized carbons (Fsp3) is 0.158. The number of pyridine rings is 1. The Balaban J connectivity index is 2.05. The van der Waals surface area contributed by atoms with E-state index >= 15 is 0 Å². The number of anilines is 1. The van der Waals surface area contributed by atoms with Crippen LogP contribution in [0.3, 0.4) is 0 Å². The van der Waals surface area contributed by atoms with Crippen molar-refractivity contribution in [2.75, 3.05) is 5.32 Å². The molecule has 0 saturated heterocycles. The van der Waals surface area contributed by atoms with Crippen molar-refractivity contribution in [1.29, 1.82) is 0 Å².